The van der Waals surface area contributed by atoms with Crippen LogP contribution in [0, 0.1) is 0 Å². The number of carbonyl (C=O) groups excluding carboxylic acids is 2. The average Bonchev–Trinajstić information content (AvgIpc) is 3.81. The Hall–Kier alpha value is -3.85. The zero-order valence-electron chi connectivity index (χ0n) is 30.4. The molecule has 0 fully saturated rings. The largest absolute Gasteiger partial charge is 0.375 e. The molecule has 0 aliphatic heterocycles. The van der Waals surface area contributed by atoms with Crippen molar-refractivity contribution in [3.63, 3.8) is 0 Å². The Kier molecular flexibility index (Phi) is 19.3. The summed E-state index contributed by atoms with van der Waals surface area (Å²) in [7, 11) is 0. The molecule has 3 heterocycles. The number of Topliss-reactive ketones (excluding diaryl/α,β-unsaturated/α-hetero) is 2. The van der Waals surface area contributed by atoms with Gasteiger partial charge in [-0.3, -0.25) is 14.6 Å². The van der Waals surface area contributed by atoms with Gasteiger partial charge in [-0.1, -0.05) is 124 Å². The van der Waals surface area contributed by atoms with Crippen molar-refractivity contribution in [3.05, 3.63) is 179 Å². The van der Waals surface area contributed by atoms with Crippen molar-refractivity contribution >= 4 is 108 Å². The SMILES string of the molecule is CC(=O)Cc1ccc(Br)cc1.Nc1nc(Cc2ccc(-c3ccncc3)cc2)cs1.Nc1nc(Cc2ccc(Br)cc2)cs1.O=C(CBr)Cc1ccc(Br)cc1. The number of aromatic nitrogens is 3. The van der Waals surface area contributed by atoms with E-state index in [-0.39, 0.29) is 11.6 Å². The minimum Gasteiger partial charge on any atom is -0.375 e. The number of anilines is 2. The molecule has 0 amide bonds. The third-order valence-corrected chi connectivity index (χ3v) is 11.3. The van der Waals surface area contributed by atoms with Crippen LogP contribution in [0.4, 0.5) is 10.3 Å². The molecule has 3 aromatic heterocycles. The minimum atomic E-state index is 0.201. The van der Waals surface area contributed by atoms with Gasteiger partial charge in [-0.25, -0.2) is 9.97 Å². The molecule has 0 saturated carbocycles. The number of alkyl halides is 1. The van der Waals surface area contributed by atoms with Crippen molar-refractivity contribution in [2.75, 3.05) is 16.8 Å². The Balaban J connectivity index is 0.000000170. The van der Waals surface area contributed by atoms with Crippen LogP contribution < -0.4 is 11.5 Å². The van der Waals surface area contributed by atoms with Crippen LogP contribution in [0.25, 0.3) is 11.1 Å². The van der Waals surface area contributed by atoms with E-state index < -0.39 is 0 Å². The summed E-state index contributed by atoms with van der Waals surface area (Å²) in [6.45, 7) is 1.60. The number of halogens is 4. The number of benzene rings is 4. The van der Waals surface area contributed by atoms with E-state index in [4.69, 9.17) is 11.5 Å². The molecule has 0 aliphatic carbocycles. The molecule has 13 heteroatoms. The van der Waals surface area contributed by atoms with Crippen LogP contribution in [-0.2, 0) is 35.3 Å². The maximum Gasteiger partial charge on any atom is 0.180 e. The van der Waals surface area contributed by atoms with E-state index in [2.05, 4.69) is 115 Å². The predicted molar refractivity (Wildman–Crippen MR) is 248 cm³/mol. The highest BCUT2D eigenvalue weighted by Gasteiger charge is 2.04. The lowest BCUT2D eigenvalue weighted by atomic mass is 10.0. The van der Waals surface area contributed by atoms with E-state index >= 15 is 0 Å². The van der Waals surface area contributed by atoms with Gasteiger partial charge in [-0.15, -0.1) is 22.7 Å². The number of rotatable bonds is 10. The summed E-state index contributed by atoms with van der Waals surface area (Å²) in [5, 5.41) is 5.70. The molecule has 7 nitrogen and oxygen atoms in total. The predicted octanol–water partition coefficient (Wildman–Crippen LogP) is 12.0. The maximum atomic E-state index is 11.0. The fraction of sp³-hybridized carbons (Fsp3) is 0.140. The monoisotopic (exact) mass is 1040 g/mol. The standard InChI is InChI=1S/C15H13N3S.C10H9BrN2S.C9H8Br2O.C9H9BrO/c16-15-18-14(10-19-15)9-11-1-3-12(4-2-11)13-5-7-17-8-6-13;11-8-3-1-7(2-4-8)5-9-6-14-10(12)13-9;10-6-9(12)5-7-1-3-8(11)4-2-7;1-7(11)6-8-2-4-9(10)5-3-8/h1-8,10H,9H2,(H2,16,18);1-4,6H,5H2,(H2,12,13);1-4H,5-6H2;2-5H,6H2,1H3. The van der Waals surface area contributed by atoms with Crippen molar-refractivity contribution in [3.8, 4) is 11.1 Å². The number of nitrogens with zero attached hydrogens (tertiary/aromatic N) is 3. The Labute approximate surface area is 369 Å². The van der Waals surface area contributed by atoms with Gasteiger partial charge in [0.1, 0.15) is 11.6 Å². The molecular weight excluding hydrogens is 1000 g/mol. The quantitative estimate of drug-likeness (QED) is 0.131. The van der Waals surface area contributed by atoms with Crippen LogP contribution in [0.5, 0.6) is 0 Å². The van der Waals surface area contributed by atoms with Gasteiger partial charge < -0.3 is 11.5 Å². The molecule has 0 saturated heterocycles. The molecule has 0 unspecified atom stereocenters. The van der Waals surface area contributed by atoms with Gasteiger partial charge in [0, 0.05) is 62.3 Å². The number of thiazole rings is 2. The molecule has 56 heavy (non-hydrogen) atoms. The molecule has 0 aliphatic rings. The molecule has 7 rings (SSSR count). The van der Waals surface area contributed by atoms with Crippen molar-refractivity contribution in [2.24, 2.45) is 0 Å². The number of pyridine rings is 1. The molecule has 4 aromatic carbocycles. The highest BCUT2D eigenvalue weighted by atomic mass is 79.9. The summed E-state index contributed by atoms with van der Waals surface area (Å²) in [5.74, 6) is 0.407. The molecule has 0 atom stereocenters. The molecule has 0 bridgehead atoms. The van der Waals surface area contributed by atoms with Crippen LogP contribution in [0.1, 0.15) is 40.6 Å². The summed E-state index contributed by atoms with van der Waals surface area (Å²) in [4.78, 5) is 34.2. The first kappa shape index (κ1) is 44.9. The van der Waals surface area contributed by atoms with Crippen LogP contribution in [0.2, 0.25) is 0 Å². The molecule has 288 valence electrons. The first-order chi connectivity index (χ1) is 26.9. The summed E-state index contributed by atoms with van der Waals surface area (Å²) in [6.07, 6.45) is 6.33. The second kappa shape index (κ2) is 24.0. The Morgan fingerprint density at radius 2 is 0.929 bits per heavy atom. The van der Waals surface area contributed by atoms with E-state index in [0.29, 0.717) is 28.4 Å². The highest BCUT2D eigenvalue weighted by Crippen LogP contribution is 2.21. The zero-order valence-corrected chi connectivity index (χ0v) is 38.4. The number of hydrogen-bond donors (Lipinski definition) is 2. The first-order valence-corrected chi connectivity index (χ1v) is 22.4. The average molecular weight is 1040 g/mol. The normalized spacial score (nSPS) is 10.2. The lowest BCUT2D eigenvalue weighted by Crippen LogP contribution is -2.02. The van der Waals surface area contributed by atoms with E-state index in [1.54, 1.807) is 19.3 Å². The van der Waals surface area contributed by atoms with Crippen molar-refractivity contribution in [1.29, 1.82) is 0 Å². The van der Waals surface area contributed by atoms with Crippen LogP contribution >= 0.6 is 86.4 Å². The second-order valence-corrected chi connectivity index (χ2v) is 17.3. The topological polar surface area (TPSA) is 125 Å². The van der Waals surface area contributed by atoms with Crippen molar-refractivity contribution in [1.82, 2.24) is 15.0 Å². The van der Waals surface area contributed by atoms with Crippen LogP contribution in [0.3, 0.4) is 0 Å². The van der Waals surface area contributed by atoms with Gasteiger partial charge in [0.05, 0.1) is 16.7 Å². The van der Waals surface area contributed by atoms with Gasteiger partial charge in [-0.2, -0.15) is 0 Å². The van der Waals surface area contributed by atoms with Gasteiger partial charge in [0.2, 0.25) is 0 Å². The summed E-state index contributed by atoms with van der Waals surface area (Å²) in [5.41, 5.74) is 20.2. The van der Waals surface area contributed by atoms with E-state index in [1.165, 1.54) is 44.9 Å². The Bertz CT molecular complexity index is 2230. The number of hydrogen-bond acceptors (Lipinski definition) is 9. The number of carbonyl (C=O) groups is 2. The number of nitrogens with two attached hydrogens (primary N) is 2. The molecule has 0 spiro atoms. The highest BCUT2D eigenvalue weighted by molar-refractivity contribution is 9.11. The van der Waals surface area contributed by atoms with Gasteiger partial charge in [0.25, 0.3) is 0 Å². The van der Waals surface area contributed by atoms with Gasteiger partial charge in [-0.05, 0) is 88.8 Å². The fourth-order valence-corrected chi connectivity index (χ4v) is 7.07. The van der Waals surface area contributed by atoms with Gasteiger partial charge >= 0.3 is 0 Å². The molecular formula is C43H39Br4N5O2S2. The van der Waals surface area contributed by atoms with E-state index in [1.807, 2.05) is 83.6 Å². The fourth-order valence-electron chi connectivity index (χ4n) is 4.95. The van der Waals surface area contributed by atoms with Crippen molar-refractivity contribution < 1.29 is 9.59 Å². The minimum absolute atomic E-state index is 0.201. The molecule has 7 aromatic rings. The Morgan fingerprint density at radius 1 is 0.554 bits per heavy atom. The summed E-state index contributed by atoms with van der Waals surface area (Å²) < 4.78 is 3.18. The third-order valence-electron chi connectivity index (χ3n) is 7.62. The smallest absolute Gasteiger partial charge is 0.180 e. The van der Waals surface area contributed by atoms with E-state index in [9.17, 15) is 9.59 Å². The van der Waals surface area contributed by atoms with Crippen molar-refractivity contribution in [2.45, 2.75) is 32.6 Å². The molecule has 4 N–H and O–H groups in total. The molecule has 0 radical (unpaired) electrons. The second-order valence-electron chi connectivity index (χ2n) is 12.2. The summed E-state index contributed by atoms with van der Waals surface area (Å²) in [6, 6.07) is 36.3. The number of nitrogen functional groups attached to an aromatic ring is 2. The van der Waals surface area contributed by atoms with E-state index in [0.717, 1.165) is 48.8 Å². The zero-order chi connectivity index (χ0) is 40.3. The summed E-state index contributed by atoms with van der Waals surface area (Å²) >= 11 is 16.2. The number of ketones is 2. The van der Waals surface area contributed by atoms with Gasteiger partial charge in [0.15, 0.2) is 10.3 Å². The van der Waals surface area contributed by atoms with Crippen LogP contribution in [0.15, 0.2) is 146 Å². The third kappa shape index (κ3) is 17.1. The maximum absolute atomic E-state index is 11.0. The lowest BCUT2D eigenvalue weighted by Gasteiger charge is -2.03. The lowest BCUT2D eigenvalue weighted by molar-refractivity contribution is -0.117. The Morgan fingerprint density at radius 3 is 1.30 bits per heavy atom. The van der Waals surface area contributed by atoms with Crippen LogP contribution in [-0.4, -0.2) is 31.8 Å². The first-order valence-electron chi connectivity index (χ1n) is 17.1.